The van der Waals surface area contributed by atoms with Gasteiger partial charge in [0.05, 0.1) is 6.42 Å². The summed E-state index contributed by atoms with van der Waals surface area (Å²) >= 11 is 0. The summed E-state index contributed by atoms with van der Waals surface area (Å²) in [5, 5.41) is 5.60. The minimum atomic E-state index is -0.107. The molecule has 1 saturated carbocycles. The lowest BCUT2D eigenvalue weighted by molar-refractivity contribution is -0.119. The van der Waals surface area contributed by atoms with E-state index in [0.29, 0.717) is 17.5 Å². The van der Waals surface area contributed by atoms with Crippen LogP contribution in [0.1, 0.15) is 38.7 Å². The van der Waals surface area contributed by atoms with Gasteiger partial charge in [-0.3, -0.25) is 4.79 Å². The van der Waals surface area contributed by atoms with E-state index in [1.54, 1.807) is 7.05 Å². The van der Waals surface area contributed by atoms with Crippen LogP contribution in [0.4, 0.5) is 10.5 Å². The van der Waals surface area contributed by atoms with Gasteiger partial charge in [0.1, 0.15) is 0 Å². The van der Waals surface area contributed by atoms with Crippen molar-refractivity contribution in [3.63, 3.8) is 0 Å². The largest absolute Gasteiger partial charge is 0.359 e. The monoisotopic (exact) mass is 331 g/mol. The Morgan fingerprint density at radius 1 is 1.17 bits per heavy atom. The number of hydrogen-bond donors (Lipinski definition) is 2. The van der Waals surface area contributed by atoms with Crippen molar-refractivity contribution in [1.82, 2.24) is 10.2 Å². The summed E-state index contributed by atoms with van der Waals surface area (Å²) in [6.45, 7) is 4.45. The Hall–Kier alpha value is -2.04. The molecule has 1 aromatic rings. The normalized spacial score (nSPS) is 21.2. The average molecular weight is 331 g/mol. The van der Waals surface area contributed by atoms with Gasteiger partial charge in [-0.05, 0) is 36.3 Å². The van der Waals surface area contributed by atoms with Crippen LogP contribution in [0.15, 0.2) is 24.3 Å². The first-order chi connectivity index (χ1) is 11.4. The van der Waals surface area contributed by atoms with E-state index < -0.39 is 0 Å². The molecule has 0 bridgehead atoms. The maximum Gasteiger partial charge on any atom is 0.321 e. The first-order valence-corrected chi connectivity index (χ1v) is 8.76. The van der Waals surface area contributed by atoms with Crippen molar-refractivity contribution < 1.29 is 9.59 Å². The number of urea groups is 1. The average Bonchev–Trinajstić information content (AvgIpc) is 2.56. The summed E-state index contributed by atoms with van der Waals surface area (Å²) < 4.78 is 0. The Kier molecular flexibility index (Phi) is 6.23. The summed E-state index contributed by atoms with van der Waals surface area (Å²) in [6.07, 6.45) is 3.83. The molecule has 2 N–H and O–H groups in total. The topological polar surface area (TPSA) is 61.4 Å². The second-order valence-corrected chi connectivity index (χ2v) is 6.92. The van der Waals surface area contributed by atoms with Gasteiger partial charge >= 0.3 is 6.03 Å². The SMILES string of the molecule is CNC(=O)Cc1ccccc1NC(=O)N(C)C1[C@@H](C)CCC[C@@H]1C. The molecule has 0 unspecified atom stereocenters. The molecule has 0 aliphatic heterocycles. The van der Waals surface area contributed by atoms with Crippen molar-refractivity contribution in [2.24, 2.45) is 11.8 Å². The van der Waals surface area contributed by atoms with E-state index in [1.807, 2.05) is 36.2 Å². The van der Waals surface area contributed by atoms with Crippen molar-refractivity contribution in [2.45, 2.75) is 45.6 Å². The van der Waals surface area contributed by atoms with Crippen molar-refractivity contribution in [2.75, 3.05) is 19.4 Å². The number of carbonyl (C=O) groups excluding carboxylic acids is 2. The first kappa shape index (κ1) is 18.3. The number of amides is 3. The molecule has 0 spiro atoms. The highest BCUT2D eigenvalue weighted by Gasteiger charge is 2.33. The molecule has 1 aromatic carbocycles. The highest BCUT2D eigenvalue weighted by atomic mass is 16.2. The lowest BCUT2D eigenvalue weighted by atomic mass is 9.78. The Bertz CT molecular complexity index is 578. The number of benzene rings is 1. The number of anilines is 1. The van der Waals surface area contributed by atoms with Crippen LogP contribution in [0.25, 0.3) is 0 Å². The van der Waals surface area contributed by atoms with Gasteiger partial charge in [-0.15, -0.1) is 0 Å². The molecule has 5 nitrogen and oxygen atoms in total. The molecule has 1 fully saturated rings. The van der Waals surface area contributed by atoms with E-state index >= 15 is 0 Å². The minimum absolute atomic E-state index is 0.0698. The van der Waals surface area contributed by atoms with Gasteiger partial charge < -0.3 is 15.5 Å². The number of carbonyl (C=O) groups is 2. The van der Waals surface area contributed by atoms with Crippen molar-refractivity contribution >= 4 is 17.6 Å². The van der Waals surface area contributed by atoms with Gasteiger partial charge in [-0.1, -0.05) is 38.5 Å². The highest BCUT2D eigenvalue weighted by molar-refractivity contribution is 5.91. The van der Waals surface area contributed by atoms with Crippen LogP contribution in [0.3, 0.4) is 0 Å². The zero-order chi connectivity index (χ0) is 17.7. The third-order valence-corrected chi connectivity index (χ3v) is 5.14. The maximum absolute atomic E-state index is 12.7. The predicted molar refractivity (Wildman–Crippen MR) is 97.0 cm³/mol. The summed E-state index contributed by atoms with van der Waals surface area (Å²) in [5.41, 5.74) is 1.53. The fourth-order valence-electron chi connectivity index (χ4n) is 3.82. The molecule has 1 aliphatic rings. The fourth-order valence-corrected chi connectivity index (χ4v) is 3.82. The lowest BCUT2D eigenvalue weighted by Crippen LogP contribution is -2.48. The highest BCUT2D eigenvalue weighted by Crippen LogP contribution is 2.32. The fraction of sp³-hybridized carbons (Fsp3) is 0.579. The summed E-state index contributed by atoms with van der Waals surface area (Å²) in [6, 6.07) is 7.61. The van der Waals surface area contributed by atoms with Crippen LogP contribution in [0.5, 0.6) is 0 Å². The molecular formula is C19H29N3O2. The van der Waals surface area contributed by atoms with Gasteiger partial charge in [0.25, 0.3) is 0 Å². The molecule has 1 aliphatic carbocycles. The summed E-state index contributed by atoms with van der Waals surface area (Å²) in [5.74, 6) is 0.941. The van der Waals surface area contributed by atoms with Gasteiger partial charge in [-0.2, -0.15) is 0 Å². The van der Waals surface area contributed by atoms with Gasteiger partial charge in [0, 0.05) is 25.8 Å². The third-order valence-electron chi connectivity index (χ3n) is 5.14. The van der Waals surface area contributed by atoms with E-state index in [-0.39, 0.29) is 24.4 Å². The number of hydrogen-bond acceptors (Lipinski definition) is 2. The summed E-state index contributed by atoms with van der Waals surface area (Å²) in [4.78, 5) is 26.2. The van der Waals surface area contributed by atoms with Gasteiger partial charge in [0.15, 0.2) is 0 Å². The molecule has 132 valence electrons. The number of nitrogens with zero attached hydrogens (tertiary/aromatic N) is 1. The minimum Gasteiger partial charge on any atom is -0.359 e. The predicted octanol–water partition coefficient (Wildman–Crippen LogP) is 3.26. The molecule has 2 atom stereocenters. The molecule has 3 amide bonds. The molecule has 0 aromatic heterocycles. The van der Waals surface area contributed by atoms with E-state index in [4.69, 9.17) is 0 Å². The lowest BCUT2D eigenvalue weighted by Gasteiger charge is -2.40. The molecule has 0 radical (unpaired) electrons. The smallest absolute Gasteiger partial charge is 0.321 e. The number of likely N-dealkylation sites (N-methyl/N-ethyl adjacent to an activating group) is 1. The molecular weight excluding hydrogens is 302 g/mol. The molecule has 0 saturated heterocycles. The first-order valence-electron chi connectivity index (χ1n) is 8.76. The van der Waals surface area contributed by atoms with Crippen LogP contribution >= 0.6 is 0 Å². The second-order valence-electron chi connectivity index (χ2n) is 6.92. The zero-order valence-corrected chi connectivity index (χ0v) is 15.1. The van der Waals surface area contributed by atoms with Crippen molar-refractivity contribution in [3.05, 3.63) is 29.8 Å². The van der Waals surface area contributed by atoms with Crippen LogP contribution < -0.4 is 10.6 Å². The Morgan fingerprint density at radius 3 is 2.42 bits per heavy atom. The Labute approximate surface area is 144 Å². The van der Waals surface area contributed by atoms with Crippen molar-refractivity contribution in [3.8, 4) is 0 Å². The molecule has 5 heteroatoms. The Balaban J connectivity index is 2.10. The van der Waals surface area contributed by atoms with E-state index in [1.165, 1.54) is 19.3 Å². The summed E-state index contributed by atoms with van der Waals surface area (Å²) in [7, 11) is 3.49. The zero-order valence-electron chi connectivity index (χ0n) is 15.1. The van der Waals surface area contributed by atoms with Crippen LogP contribution in [-0.4, -0.2) is 37.0 Å². The molecule has 24 heavy (non-hydrogen) atoms. The van der Waals surface area contributed by atoms with E-state index in [0.717, 1.165) is 5.56 Å². The quantitative estimate of drug-likeness (QED) is 0.889. The van der Waals surface area contributed by atoms with Crippen LogP contribution in [0, 0.1) is 11.8 Å². The maximum atomic E-state index is 12.7. The second kappa shape index (κ2) is 8.18. The molecule has 2 rings (SSSR count). The van der Waals surface area contributed by atoms with Gasteiger partial charge in [0.2, 0.25) is 5.91 Å². The standard InChI is InChI=1S/C19H29N3O2/c1-13-8-7-9-14(2)18(13)22(4)19(24)21-16-11-6-5-10-15(16)12-17(23)20-3/h5-6,10-11,13-14,18H,7-9,12H2,1-4H3,(H,20,23)(H,21,24)/t13-,14-/m0/s1. The van der Waals surface area contributed by atoms with Crippen molar-refractivity contribution in [1.29, 1.82) is 0 Å². The Morgan fingerprint density at radius 2 is 1.79 bits per heavy atom. The van der Waals surface area contributed by atoms with Crippen LogP contribution in [-0.2, 0) is 11.2 Å². The van der Waals surface area contributed by atoms with Crippen LogP contribution in [0.2, 0.25) is 0 Å². The molecule has 0 heterocycles. The third kappa shape index (κ3) is 4.28. The number of para-hydroxylation sites is 1. The van der Waals surface area contributed by atoms with Gasteiger partial charge in [-0.25, -0.2) is 4.79 Å². The van der Waals surface area contributed by atoms with E-state index in [2.05, 4.69) is 24.5 Å². The number of rotatable bonds is 4. The van der Waals surface area contributed by atoms with E-state index in [9.17, 15) is 9.59 Å². The number of nitrogens with one attached hydrogen (secondary N) is 2.